The van der Waals surface area contributed by atoms with Gasteiger partial charge < -0.3 is 19.9 Å². The standard InChI is InChI=1S/C21H29N5O3/c1-15-14-16(2)26(23-15)18-9-7-6-8-17(18)22-19(27)24-10-12-25(13-11-24)20(28)29-21(3,4)5/h6-9,14H,10-13H2,1-5H3,(H,22,27). The first-order chi connectivity index (χ1) is 13.6. The van der Waals surface area contributed by atoms with Crippen LogP contribution in [0.1, 0.15) is 32.2 Å². The molecular formula is C21H29N5O3. The van der Waals surface area contributed by atoms with Crippen molar-refractivity contribution in [3.63, 3.8) is 0 Å². The summed E-state index contributed by atoms with van der Waals surface area (Å²) in [6.45, 7) is 11.2. The maximum atomic E-state index is 12.8. The second-order valence-corrected chi connectivity index (χ2v) is 8.24. The lowest BCUT2D eigenvalue weighted by atomic mass is 10.2. The number of carbonyl (C=O) groups excluding carboxylic acids is 2. The molecule has 1 aromatic heterocycles. The van der Waals surface area contributed by atoms with E-state index in [4.69, 9.17) is 4.74 Å². The van der Waals surface area contributed by atoms with Crippen LogP contribution < -0.4 is 5.32 Å². The summed E-state index contributed by atoms with van der Waals surface area (Å²) < 4.78 is 7.23. The highest BCUT2D eigenvalue weighted by Crippen LogP contribution is 2.22. The molecule has 29 heavy (non-hydrogen) atoms. The molecule has 0 spiro atoms. The molecular weight excluding hydrogens is 370 g/mol. The van der Waals surface area contributed by atoms with Gasteiger partial charge in [-0.2, -0.15) is 5.10 Å². The van der Waals surface area contributed by atoms with Crippen LogP contribution in [0.25, 0.3) is 5.69 Å². The predicted octanol–water partition coefficient (Wildman–Crippen LogP) is 3.57. The van der Waals surface area contributed by atoms with Gasteiger partial charge in [0, 0.05) is 31.9 Å². The second kappa shape index (κ2) is 8.14. The molecule has 2 aromatic rings. The lowest BCUT2D eigenvalue weighted by Gasteiger charge is -2.35. The Labute approximate surface area is 171 Å². The number of urea groups is 1. The van der Waals surface area contributed by atoms with E-state index in [2.05, 4.69) is 10.4 Å². The highest BCUT2D eigenvalue weighted by atomic mass is 16.6. The van der Waals surface area contributed by atoms with Gasteiger partial charge in [0.1, 0.15) is 5.60 Å². The number of benzene rings is 1. The SMILES string of the molecule is Cc1cc(C)n(-c2ccccc2NC(=O)N2CCN(C(=O)OC(C)(C)C)CC2)n1. The molecule has 8 heteroatoms. The first-order valence-corrected chi connectivity index (χ1v) is 9.80. The van der Waals surface area contributed by atoms with Crippen LogP contribution >= 0.6 is 0 Å². The normalized spacial score (nSPS) is 14.7. The fraction of sp³-hybridized carbons (Fsp3) is 0.476. The lowest BCUT2D eigenvalue weighted by molar-refractivity contribution is 0.0174. The molecule has 3 amide bonds. The van der Waals surface area contributed by atoms with Gasteiger partial charge in [-0.25, -0.2) is 14.3 Å². The van der Waals surface area contributed by atoms with Crippen molar-refractivity contribution in [2.24, 2.45) is 0 Å². The van der Waals surface area contributed by atoms with Crippen LogP contribution in [0.5, 0.6) is 0 Å². The molecule has 2 heterocycles. The molecule has 1 fully saturated rings. The third-order valence-corrected chi connectivity index (χ3v) is 4.60. The number of aryl methyl sites for hydroxylation is 2. The van der Waals surface area contributed by atoms with Gasteiger partial charge in [-0.05, 0) is 52.8 Å². The van der Waals surface area contributed by atoms with Crippen LogP contribution in [0.3, 0.4) is 0 Å². The van der Waals surface area contributed by atoms with Gasteiger partial charge in [0.15, 0.2) is 0 Å². The Bertz CT molecular complexity index is 892. The van der Waals surface area contributed by atoms with Crippen LogP contribution in [0.4, 0.5) is 15.3 Å². The zero-order chi connectivity index (χ0) is 21.2. The van der Waals surface area contributed by atoms with E-state index in [1.165, 1.54) is 0 Å². The van der Waals surface area contributed by atoms with Gasteiger partial charge in [-0.15, -0.1) is 0 Å². The van der Waals surface area contributed by atoms with Crippen LogP contribution in [-0.2, 0) is 4.74 Å². The number of aromatic nitrogens is 2. The number of amides is 3. The number of anilines is 1. The van der Waals surface area contributed by atoms with E-state index in [-0.39, 0.29) is 12.1 Å². The third-order valence-electron chi connectivity index (χ3n) is 4.60. The Morgan fingerprint density at radius 2 is 1.66 bits per heavy atom. The molecule has 1 aromatic carbocycles. The van der Waals surface area contributed by atoms with Gasteiger partial charge in [0.05, 0.1) is 17.1 Å². The van der Waals surface area contributed by atoms with E-state index in [1.807, 2.05) is 69.6 Å². The number of piperazine rings is 1. The van der Waals surface area contributed by atoms with Crippen LogP contribution in [-0.4, -0.2) is 63.5 Å². The average molecular weight is 399 g/mol. The van der Waals surface area contributed by atoms with E-state index in [1.54, 1.807) is 9.80 Å². The maximum Gasteiger partial charge on any atom is 0.410 e. The quantitative estimate of drug-likeness (QED) is 0.837. The minimum absolute atomic E-state index is 0.192. The van der Waals surface area contributed by atoms with Gasteiger partial charge >= 0.3 is 12.1 Å². The predicted molar refractivity (Wildman–Crippen MR) is 111 cm³/mol. The largest absolute Gasteiger partial charge is 0.444 e. The molecule has 0 saturated carbocycles. The van der Waals surface area contributed by atoms with Crippen molar-refractivity contribution >= 4 is 17.8 Å². The number of hydrogen-bond donors (Lipinski definition) is 1. The highest BCUT2D eigenvalue weighted by molar-refractivity contribution is 5.91. The number of rotatable bonds is 2. The Morgan fingerprint density at radius 1 is 1.03 bits per heavy atom. The van der Waals surface area contributed by atoms with Crippen molar-refractivity contribution < 1.29 is 14.3 Å². The summed E-state index contributed by atoms with van der Waals surface area (Å²) in [5, 5.41) is 7.50. The van der Waals surface area contributed by atoms with Crippen LogP contribution in [0.15, 0.2) is 30.3 Å². The number of nitrogens with one attached hydrogen (secondary N) is 1. The van der Waals surface area contributed by atoms with Crippen molar-refractivity contribution in [3.8, 4) is 5.69 Å². The van der Waals surface area contributed by atoms with E-state index < -0.39 is 5.60 Å². The van der Waals surface area contributed by atoms with Crippen molar-refractivity contribution in [2.75, 3.05) is 31.5 Å². The van der Waals surface area contributed by atoms with E-state index in [0.29, 0.717) is 31.9 Å². The fourth-order valence-electron chi connectivity index (χ4n) is 3.25. The van der Waals surface area contributed by atoms with Gasteiger partial charge in [0.2, 0.25) is 0 Å². The van der Waals surface area contributed by atoms with Gasteiger partial charge in [0.25, 0.3) is 0 Å². The third kappa shape index (κ3) is 5.07. The fourth-order valence-corrected chi connectivity index (χ4v) is 3.25. The summed E-state index contributed by atoms with van der Waals surface area (Å²) in [6, 6.07) is 9.39. The lowest BCUT2D eigenvalue weighted by Crippen LogP contribution is -2.52. The molecule has 0 radical (unpaired) electrons. The van der Waals surface area contributed by atoms with E-state index >= 15 is 0 Å². The second-order valence-electron chi connectivity index (χ2n) is 8.24. The molecule has 0 unspecified atom stereocenters. The summed E-state index contributed by atoms with van der Waals surface area (Å²) in [5.41, 5.74) is 2.90. The molecule has 1 saturated heterocycles. The van der Waals surface area contributed by atoms with Crippen molar-refractivity contribution in [2.45, 2.75) is 40.2 Å². The number of hydrogen-bond acceptors (Lipinski definition) is 4. The van der Waals surface area contributed by atoms with Crippen molar-refractivity contribution in [1.82, 2.24) is 19.6 Å². The van der Waals surface area contributed by atoms with Crippen molar-refractivity contribution in [1.29, 1.82) is 0 Å². The molecule has 156 valence electrons. The molecule has 1 aliphatic rings. The molecule has 1 aliphatic heterocycles. The zero-order valence-corrected chi connectivity index (χ0v) is 17.7. The van der Waals surface area contributed by atoms with Gasteiger partial charge in [-0.1, -0.05) is 12.1 Å². The van der Waals surface area contributed by atoms with E-state index in [0.717, 1.165) is 17.1 Å². The van der Waals surface area contributed by atoms with E-state index in [9.17, 15) is 9.59 Å². The van der Waals surface area contributed by atoms with Crippen LogP contribution in [0, 0.1) is 13.8 Å². The summed E-state index contributed by atoms with van der Waals surface area (Å²) in [7, 11) is 0. The average Bonchev–Trinajstić information content (AvgIpc) is 2.99. The molecule has 8 nitrogen and oxygen atoms in total. The summed E-state index contributed by atoms with van der Waals surface area (Å²) in [5.74, 6) is 0. The first kappa shape index (κ1) is 20.7. The number of nitrogens with zero attached hydrogens (tertiary/aromatic N) is 4. The molecule has 0 bridgehead atoms. The first-order valence-electron chi connectivity index (χ1n) is 9.80. The monoisotopic (exact) mass is 399 g/mol. The summed E-state index contributed by atoms with van der Waals surface area (Å²) in [4.78, 5) is 28.3. The minimum Gasteiger partial charge on any atom is -0.444 e. The maximum absolute atomic E-state index is 12.8. The zero-order valence-electron chi connectivity index (χ0n) is 17.7. The summed E-state index contributed by atoms with van der Waals surface area (Å²) >= 11 is 0. The van der Waals surface area contributed by atoms with Gasteiger partial charge in [-0.3, -0.25) is 0 Å². The molecule has 0 atom stereocenters. The number of carbonyl (C=O) groups is 2. The highest BCUT2D eigenvalue weighted by Gasteiger charge is 2.28. The Hall–Kier alpha value is -3.03. The summed E-state index contributed by atoms with van der Waals surface area (Å²) in [6.07, 6.45) is -0.340. The number of para-hydroxylation sites is 2. The van der Waals surface area contributed by atoms with Crippen molar-refractivity contribution in [3.05, 3.63) is 41.7 Å². The smallest absolute Gasteiger partial charge is 0.410 e. The Balaban J connectivity index is 1.64. The number of ether oxygens (including phenoxy) is 1. The topological polar surface area (TPSA) is 79.7 Å². The molecule has 0 aliphatic carbocycles. The minimum atomic E-state index is -0.529. The molecule has 1 N–H and O–H groups in total. The Kier molecular flexibility index (Phi) is 5.81. The van der Waals surface area contributed by atoms with Crippen LogP contribution in [0.2, 0.25) is 0 Å². The Morgan fingerprint density at radius 3 is 2.24 bits per heavy atom. The molecule has 3 rings (SSSR count).